The molecule has 62 valence electrons. The smallest absolute Gasteiger partial charge is 0.545 e. The van der Waals surface area contributed by atoms with E-state index in [0.29, 0.717) is 12.2 Å². The van der Waals surface area contributed by atoms with Crippen molar-refractivity contribution in [3.05, 3.63) is 24.3 Å². The molecule has 0 aliphatic heterocycles. The normalized spacial score (nSPS) is 11.9. The van der Waals surface area contributed by atoms with Gasteiger partial charge in [0.25, 0.3) is 0 Å². The minimum Gasteiger partial charge on any atom is -0.545 e. The monoisotopic (exact) mass is 172 g/mol. The standard InChI is InChI=1S/C6H5F3O2.Li/c7-6(8,9)4-2-1-3-5(10)11;/h1-4H,(H,10,11);/q;+1/p-1/b3-1+,4-2+;. The third kappa shape index (κ3) is 12.1. The molecule has 12 heavy (non-hydrogen) atoms. The Labute approximate surface area is 78.9 Å². The van der Waals surface area contributed by atoms with E-state index in [2.05, 4.69) is 0 Å². The molecular weight excluding hydrogens is 168 g/mol. The van der Waals surface area contributed by atoms with E-state index in [1.807, 2.05) is 0 Å². The van der Waals surface area contributed by atoms with Crippen molar-refractivity contribution < 1.29 is 41.9 Å². The van der Waals surface area contributed by atoms with Crippen molar-refractivity contribution >= 4 is 5.97 Å². The summed E-state index contributed by atoms with van der Waals surface area (Å²) >= 11 is 0. The van der Waals surface area contributed by atoms with Gasteiger partial charge in [0.2, 0.25) is 0 Å². The van der Waals surface area contributed by atoms with Crippen molar-refractivity contribution in [1.82, 2.24) is 0 Å². The molecule has 0 heterocycles. The third-order valence-corrected chi connectivity index (χ3v) is 0.629. The third-order valence-electron chi connectivity index (χ3n) is 0.629. The second kappa shape index (κ2) is 5.92. The Hall–Kier alpha value is -0.663. The van der Waals surface area contributed by atoms with Crippen LogP contribution in [0.25, 0.3) is 0 Å². The van der Waals surface area contributed by atoms with E-state index in [4.69, 9.17) is 0 Å². The number of carbonyl (C=O) groups excluding carboxylic acids is 1. The van der Waals surface area contributed by atoms with Crippen LogP contribution in [0, 0.1) is 0 Å². The van der Waals surface area contributed by atoms with E-state index in [0.717, 1.165) is 6.08 Å². The maximum Gasteiger partial charge on any atom is 1.00 e. The van der Waals surface area contributed by atoms with Crippen molar-refractivity contribution in [2.24, 2.45) is 0 Å². The molecule has 0 radical (unpaired) electrons. The molecule has 0 aromatic heterocycles. The number of halogens is 3. The van der Waals surface area contributed by atoms with Gasteiger partial charge in [0.15, 0.2) is 0 Å². The SMILES string of the molecule is O=C([O-])/C=C/C=C/C(F)(F)F.[Li+]. The fourth-order valence-electron chi connectivity index (χ4n) is 0.299. The van der Waals surface area contributed by atoms with Gasteiger partial charge in [-0.2, -0.15) is 13.2 Å². The maximum absolute atomic E-state index is 11.3. The molecule has 0 N–H and O–H groups in total. The molecule has 0 fully saturated rings. The van der Waals surface area contributed by atoms with Crippen molar-refractivity contribution in [3.8, 4) is 0 Å². The summed E-state index contributed by atoms with van der Waals surface area (Å²) in [4.78, 5) is 9.61. The molecule has 0 aliphatic carbocycles. The first-order chi connectivity index (χ1) is 4.92. The molecule has 0 aromatic rings. The number of hydrogen-bond acceptors (Lipinski definition) is 2. The van der Waals surface area contributed by atoms with Gasteiger partial charge in [0, 0.05) is 6.08 Å². The Balaban J connectivity index is 0. The fourth-order valence-corrected chi connectivity index (χ4v) is 0.299. The zero-order valence-corrected chi connectivity index (χ0v) is 6.26. The zero-order chi connectivity index (χ0) is 8.91. The molecule has 2 nitrogen and oxygen atoms in total. The Morgan fingerprint density at radius 1 is 1.25 bits per heavy atom. The van der Waals surface area contributed by atoms with Gasteiger partial charge in [-0.15, -0.1) is 0 Å². The summed E-state index contributed by atoms with van der Waals surface area (Å²) in [5.41, 5.74) is 0. The summed E-state index contributed by atoms with van der Waals surface area (Å²) in [6.45, 7) is 0. The van der Waals surface area contributed by atoms with Gasteiger partial charge >= 0.3 is 25.0 Å². The van der Waals surface area contributed by atoms with Crippen LogP contribution in [0.4, 0.5) is 13.2 Å². The summed E-state index contributed by atoms with van der Waals surface area (Å²) in [5, 5.41) is 9.61. The van der Waals surface area contributed by atoms with Crippen LogP contribution < -0.4 is 24.0 Å². The molecule has 0 atom stereocenters. The minimum atomic E-state index is -4.41. The Bertz CT molecular complexity index is 195. The first-order valence-corrected chi connectivity index (χ1v) is 2.55. The zero-order valence-electron chi connectivity index (χ0n) is 6.26. The average Bonchev–Trinajstić information content (AvgIpc) is 1.78. The van der Waals surface area contributed by atoms with Gasteiger partial charge in [-0.3, -0.25) is 0 Å². The van der Waals surface area contributed by atoms with E-state index >= 15 is 0 Å². The molecule has 0 spiro atoms. The molecule has 0 saturated heterocycles. The second-order valence-corrected chi connectivity index (χ2v) is 1.58. The molecule has 6 heteroatoms. The van der Waals surface area contributed by atoms with Crippen molar-refractivity contribution in [2.75, 3.05) is 0 Å². The second-order valence-electron chi connectivity index (χ2n) is 1.58. The molecular formula is C6H4F3LiO2. The number of carboxylic acid groups (broad SMARTS) is 1. The fraction of sp³-hybridized carbons (Fsp3) is 0.167. The van der Waals surface area contributed by atoms with Gasteiger partial charge in [-0.1, -0.05) is 12.2 Å². The summed E-state index contributed by atoms with van der Waals surface area (Å²) in [5.74, 6) is -1.53. The van der Waals surface area contributed by atoms with Crippen LogP contribution in [-0.2, 0) is 4.79 Å². The van der Waals surface area contributed by atoms with Gasteiger partial charge in [0.05, 0.1) is 5.97 Å². The Kier molecular flexibility index (Phi) is 6.86. The summed E-state index contributed by atoms with van der Waals surface area (Å²) in [7, 11) is 0. The van der Waals surface area contributed by atoms with Crippen LogP contribution in [-0.4, -0.2) is 12.1 Å². The van der Waals surface area contributed by atoms with Crippen LogP contribution in [0.15, 0.2) is 24.3 Å². The number of alkyl halides is 3. The van der Waals surface area contributed by atoms with Gasteiger partial charge < -0.3 is 9.90 Å². The van der Waals surface area contributed by atoms with Crippen LogP contribution in [0.5, 0.6) is 0 Å². The van der Waals surface area contributed by atoms with E-state index in [9.17, 15) is 23.1 Å². The topological polar surface area (TPSA) is 40.1 Å². The molecule has 0 rings (SSSR count). The number of carboxylic acids is 1. The number of aliphatic carboxylic acids is 1. The largest absolute Gasteiger partial charge is 1.00 e. The van der Waals surface area contributed by atoms with Crippen molar-refractivity contribution in [1.29, 1.82) is 0 Å². The van der Waals surface area contributed by atoms with Gasteiger partial charge in [0.1, 0.15) is 0 Å². The first-order valence-electron chi connectivity index (χ1n) is 2.55. The van der Waals surface area contributed by atoms with Crippen LogP contribution >= 0.6 is 0 Å². The summed E-state index contributed by atoms with van der Waals surface area (Å²) < 4.78 is 33.9. The summed E-state index contributed by atoms with van der Waals surface area (Å²) in [6, 6.07) is 0. The van der Waals surface area contributed by atoms with Crippen molar-refractivity contribution in [3.63, 3.8) is 0 Å². The quantitative estimate of drug-likeness (QED) is 0.260. The maximum atomic E-state index is 11.3. The number of hydrogen-bond donors (Lipinski definition) is 0. The molecule has 0 amide bonds. The molecule has 0 bridgehead atoms. The first kappa shape index (κ1) is 13.9. The predicted octanol–water partition coefficient (Wildman–Crippen LogP) is -2.58. The van der Waals surface area contributed by atoms with E-state index in [1.165, 1.54) is 0 Å². The molecule has 0 unspecified atom stereocenters. The van der Waals surface area contributed by atoms with E-state index in [-0.39, 0.29) is 24.9 Å². The Morgan fingerprint density at radius 3 is 2.08 bits per heavy atom. The van der Waals surface area contributed by atoms with Gasteiger partial charge in [-0.25, -0.2) is 0 Å². The van der Waals surface area contributed by atoms with Gasteiger partial charge in [-0.05, 0) is 6.08 Å². The van der Waals surface area contributed by atoms with Crippen LogP contribution in [0.3, 0.4) is 0 Å². The van der Waals surface area contributed by atoms with Crippen LogP contribution in [0.2, 0.25) is 0 Å². The van der Waals surface area contributed by atoms with E-state index < -0.39 is 12.1 Å². The Morgan fingerprint density at radius 2 is 1.75 bits per heavy atom. The van der Waals surface area contributed by atoms with Crippen molar-refractivity contribution in [2.45, 2.75) is 6.18 Å². The molecule has 0 saturated carbocycles. The van der Waals surface area contributed by atoms with E-state index in [1.54, 1.807) is 0 Å². The molecule has 0 aromatic carbocycles. The number of allylic oxidation sites excluding steroid dienone is 3. The van der Waals surface area contributed by atoms with Crippen LogP contribution in [0.1, 0.15) is 0 Å². The predicted molar refractivity (Wildman–Crippen MR) is 29.3 cm³/mol. The number of carbonyl (C=O) groups is 1. The summed E-state index contributed by atoms with van der Waals surface area (Å²) in [6.07, 6.45) is -2.66. The average molecular weight is 172 g/mol. The minimum absolute atomic E-state index is 0. The number of rotatable bonds is 2. The molecule has 0 aliphatic rings.